The normalized spacial score (nSPS) is 11.0. The third-order valence-electron chi connectivity index (χ3n) is 3.05. The van der Waals surface area contributed by atoms with Crippen LogP contribution in [0.4, 0.5) is 4.39 Å². The van der Waals surface area contributed by atoms with Crippen molar-refractivity contribution in [1.82, 2.24) is 9.97 Å². The molecule has 1 heterocycles. The van der Waals surface area contributed by atoms with E-state index >= 15 is 0 Å². The summed E-state index contributed by atoms with van der Waals surface area (Å²) in [7, 11) is 0. The molecule has 0 unspecified atom stereocenters. The van der Waals surface area contributed by atoms with Gasteiger partial charge in [0.2, 0.25) is 0 Å². The quantitative estimate of drug-likeness (QED) is 0.588. The molecule has 0 fully saturated rings. The molecule has 2 aromatic carbocycles. The number of aryl methyl sites for hydroxylation is 1. The molecule has 0 bridgehead atoms. The molecule has 100 valence electrons. The zero-order chi connectivity index (χ0) is 14.3. The van der Waals surface area contributed by atoms with Gasteiger partial charge in [-0.25, -0.2) is 14.4 Å². The molecule has 3 aromatic rings. The zero-order valence-corrected chi connectivity index (χ0v) is 12.0. The van der Waals surface area contributed by atoms with Gasteiger partial charge in [-0.15, -0.1) is 0 Å². The van der Waals surface area contributed by atoms with E-state index in [-0.39, 0.29) is 5.82 Å². The van der Waals surface area contributed by atoms with Crippen molar-refractivity contribution in [1.29, 1.82) is 0 Å². The van der Waals surface area contributed by atoms with E-state index < -0.39 is 0 Å². The Balaban J connectivity index is 2.29. The van der Waals surface area contributed by atoms with Crippen LogP contribution in [0.3, 0.4) is 0 Å². The van der Waals surface area contributed by atoms with Gasteiger partial charge in [0.15, 0.2) is 5.82 Å². The molecule has 0 saturated heterocycles. The lowest BCUT2D eigenvalue weighted by atomic mass is 10.1. The van der Waals surface area contributed by atoms with Crippen LogP contribution in [0.15, 0.2) is 36.4 Å². The summed E-state index contributed by atoms with van der Waals surface area (Å²) in [5, 5.41) is 1.51. The van der Waals surface area contributed by atoms with Gasteiger partial charge in [0.1, 0.15) is 11.0 Å². The summed E-state index contributed by atoms with van der Waals surface area (Å²) in [6.07, 6.45) is 0. The van der Waals surface area contributed by atoms with E-state index in [2.05, 4.69) is 9.97 Å². The van der Waals surface area contributed by atoms with Gasteiger partial charge in [-0.2, -0.15) is 0 Å². The average Bonchev–Trinajstić information content (AvgIpc) is 2.41. The Bertz CT molecular complexity index is 818. The molecular weight excluding hydrogens is 298 g/mol. The number of halogens is 3. The summed E-state index contributed by atoms with van der Waals surface area (Å²) in [5.41, 5.74) is 2.23. The van der Waals surface area contributed by atoms with Crippen LogP contribution >= 0.6 is 23.2 Å². The Kier molecular flexibility index (Phi) is 3.32. The first kappa shape index (κ1) is 13.3. The standard InChI is InChI=1S/C15H9Cl2FN2/c1-8-2-3-9(16)6-12(8)15-19-13-7-10(18)4-5-11(13)14(17)20-15/h2-7H,1H3. The van der Waals surface area contributed by atoms with E-state index in [1.54, 1.807) is 18.2 Å². The van der Waals surface area contributed by atoms with Crippen molar-refractivity contribution in [3.8, 4) is 11.4 Å². The molecule has 5 heteroatoms. The number of rotatable bonds is 1. The predicted molar refractivity (Wildman–Crippen MR) is 79.7 cm³/mol. The summed E-state index contributed by atoms with van der Waals surface area (Å²) < 4.78 is 13.3. The van der Waals surface area contributed by atoms with Gasteiger partial charge < -0.3 is 0 Å². The fourth-order valence-electron chi connectivity index (χ4n) is 2.02. The van der Waals surface area contributed by atoms with Crippen molar-refractivity contribution in [2.45, 2.75) is 6.92 Å². The largest absolute Gasteiger partial charge is 0.228 e. The Morgan fingerprint density at radius 3 is 2.60 bits per heavy atom. The van der Waals surface area contributed by atoms with Gasteiger partial charge in [0.05, 0.1) is 5.52 Å². The lowest BCUT2D eigenvalue weighted by Crippen LogP contribution is -1.94. The van der Waals surface area contributed by atoms with Crippen molar-refractivity contribution in [2.24, 2.45) is 0 Å². The SMILES string of the molecule is Cc1ccc(Cl)cc1-c1nc(Cl)c2ccc(F)cc2n1. The summed E-state index contributed by atoms with van der Waals surface area (Å²) >= 11 is 12.2. The Morgan fingerprint density at radius 2 is 1.80 bits per heavy atom. The summed E-state index contributed by atoms with van der Waals surface area (Å²) in [4.78, 5) is 8.65. The summed E-state index contributed by atoms with van der Waals surface area (Å²) in [6.45, 7) is 1.93. The van der Waals surface area contributed by atoms with Crippen LogP contribution in [0.5, 0.6) is 0 Å². The minimum Gasteiger partial charge on any atom is -0.228 e. The number of hydrogen-bond acceptors (Lipinski definition) is 2. The van der Waals surface area contributed by atoms with E-state index in [1.165, 1.54) is 12.1 Å². The maximum atomic E-state index is 13.3. The van der Waals surface area contributed by atoms with Crippen molar-refractivity contribution in [3.05, 3.63) is 58.0 Å². The smallest absolute Gasteiger partial charge is 0.161 e. The third kappa shape index (κ3) is 2.35. The second-order valence-corrected chi connectivity index (χ2v) is 5.25. The first-order valence-corrected chi connectivity index (χ1v) is 6.69. The molecule has 3 rings (SSSR count). The minimum absolute atomic E-state index is 0.296. The predicted octanol–water partition coefficient (Wildman–Crippen LogP) is 5.05. The highest BCUT2D eigenvalue weighted by atomic mass is 35.5. The van der Waals surface area contributed by atoms with E-state index in [1.807, 2.05) is 13.0 Å². The van der Waals surface area contributed by atoms with Crippen LogP contribution in [0.25, 0.3) is 22.3 Å². The molecule has 2 nitrogen and oxygen atoms in total. The first-order valence-electron chi connectivity index (χ1n) is 5.94. The summed E-state index contributed by atoms with van der Waals surface area (Å²) in [6, 6.07) is 9.69. The molecule has 0 atom stereocenters. The maximum absolute atomic E-state index is 13.3. The molecule has 0 aliphatic carbocycles. The molecule has 0 aliphatic heterocycles. The second kappa shape index (κ2) is 5.00. The second-order valence-electron chi connectivity index (χ2n) is 4.46. The first-order chi connectivity index (χ1) is 9.54. The van der Waals surface area contributed by atoms with Gasteiger partial charge in [0.25, 0.3) is 0 Å². The van der Waals surface area contributed by atoms with Gasteiger partial charge in [-0.1, -0.05) is 29.3 Å². The summed E-state index contributed by atoms with van der Waals surface area (Å²) in [5.74, 6) is 0.0779. The van der Waals surface area contributed by atoms with Crippen LogP contribution in [-0.2, 0) is 0 Å². The van der Waals surface area contributed by atoms with Crippen molar-refractivity contribution in [2.75, 3.05) is 0 Å². The molecule has 0 amide bonds. The van der Waals surface area contributed by atoms with Gasteiger partial charge in [-0.05, 0) is 36.8 Å². The van der Waals surface area contributed by atoms with Gasteiger partial charge in [-0.3, -0.25) is 0 Å². The number of fused-ring (bicyclic) bond motifs is 1. The minimum atomic E-state index is -0.360. The van der Waals surface area contributed by atoms with Crippen LogP contribution < -0.4 is 0 Å². The lowest BCUT2D eigenvalue weighted by molar-refractivity contribution is 0.629. The highest BCUT2D eigenvalue weighted by molar-refractivity contribution is 6.34. The molecular formula is C15H9Cl2FN2. The van der Waals surface area contributed by atoms with Crippen LogP contribution in [0.1, 0.15) is 5.56 Å². The Morgan fingerprint density at radius 1 is 1.00 bits per heavy atom. The molecule has 0 radical (unpaired) electrons. The topological polar surface area (TPSA) is 25.8 Å². The number of benzene rings is 2. The zero-order valence-electron chi connectivity index (χ0n) is 10.5. The highest BCUT2D eigenvalue weighted by Crippen LogP contribution is 2.28. The number of hydrogen-bond donors (Lipinski definition) is 0. The van der Waals surface area contributed by atoms with E-state index in [0.29, 0.717) is 26.9 Å². The molecule has 20 heavy (non-hydrogen) atoms. The maximum Gasteiger partial charge on any atom is 0.161 e. The van der Waals surface area contributed by atoms with Crippen LogP contribution in [0.2, 0.25) is 10.2 Å². The average molecular weight is 307 g/mol. The fourth-order valence-corrected chi connectivity index (χ4v) is 2.43. The van der Waals surface area contributed by atoms with Gasteiger partial charge >= 0.3 is 0 Å². The lowest BCUT2D eigenvalue weighted by Gasteiger charge is -2.07. The Labute approximate surface area is 125 Å². The third-order valence-corrected chi connectivity index (χ3v) is 3.58. The molecule has 1 aromatic heterocycles. The van der Waals surface area contributed by atoms with Gasteiger partial charge in [0, 0.05) is 22.0 Å². The van der Waals surface area contributed by atoms with Crippen molar-refractivity contribution >= 4 is 34.1 Å². The monoisotopic (exact) mass is 306 g/mol. The van der Waals surface area contributed by atoms with E-state index in [0.717, 1.165) is 11.1 Å². The molecule has 0 N–H and O–H groups in total. The number of aromatic nitrogens is 2. The molecule has 0 aliphatic rings. The molecule has 0 saturated carbocycles. The fraction of sp³-hybridized carbons (Fsp3) is 0.0667. The number of nitrogens with zero attached hydrogens (tertiary/aromatic N) is 2. The van der Waals surface area contributed by atoms with E-state index in [4.69, 9.17) is 23.2 Å². The van der Waals surface area contributed by atoms with Crippen molar-refractivity contribution < 1.29 is 4.39 Å². The van der Waals surface area contributed by atoms with Crippen LogP contribution in [-0.4, -0.2) is 9.97 Å². The van der Waals surface area contributed by atoms with Crippen LogP contribution in [0, 0.1) is 12.7 Å². The van der Waals surface area contributed by atoms with Crippen molar-refractivity contribution in [3.63, 3.8) is 0 Å². The highest BCUT2D eigenvalue weighted by Gasteiger charge is 2.11. The van der Waals surface area contributed by atoms with E-state index in [9.17, 15) is 4.39 Å². The molecule has 0 spiro atoms. The Hall–Kier alpha value is -1.71.